The van der Waals surface area contributed by atoms with Gasteiger partial charge in [-0.15, -0.1) is 0 Å². The van der Waals surface area contributed by atoms with Crippen LogP contribution in [0.5, 0.6) is 0 Å². The molecule has 0 fully saturated rings. The zero-order valence-corrected chi connectivity index (χ0v) is 10.5. The van der Waals surface area contributed by atoms with E-state index in [0.29, 0.717) is 17.9 Å². The molecule has 2 aromatic heterocycles. The molecule has 0 radical (unpaired) electrons. The summed E-state index contributed by atoms with van der Waals surface area (Å²) in [7, 11) is 1.90. The summed E-state index contributed by atoms with van der Waals surface area (Å²) < 4.78 is 15.2. The number of rotatable bonds is 2. The topological polar surface area (TPSA) is 56.7 Å². The summed E-state index contributed by atoms with van der Waals surface area (Å²) in [6.07, 6.45) is 2.78. The molecule has 0 aliphatic rings. The summed E-state index contributed by atoms with van der Waals surface area (Å²) in [5.41, 5.74) is 9.18. The second-order valence-electron chi connectivity index (χ2n) is 4.41. The molecule has 0 bridgehead atoms. The Balaban J connectivity index is 2.22. The van der Waals surface area contributed by atoms with Crippen molar-refractivity contribution in [3.05, 3.63) is 48.0 Å². The maximum Gasteiger partial charge on any atom is 0.142 e. The average Bonchev–Trinajstić information content (AvgIpc) is 2.76. The highest BCUT2D eigenvalue weighted by Crippen LogP contribution is 2.24. The van der Waals surface area contributed by atoms with Gasteiger partial charge in [0.25, 0.3) is 0 Å². The molecule has 4 nitrogen and oxygen atoms in total. The van der Waals surface area contributed by atoms with Gasteiger partial charge in [-0.1, -0.05) is 6.07 Å². The second-order valence-corrected chi connectivity index (χ2v) is 4.41. The number of benzene rings is 1. The number of nitrogens with two attached hydrogens (primary N) is 1. The van der Waals surface area contributed by atoms with E-state index in [2.05, 4.69) is 9.97 Å². The number of pyridine rings is 1. The number of halogens is 1. The van der Waals surface area contributed by atoms with Crippen molar-refractivity contribution >= 4 is 11.0 Å². The molecule has 2 N–H and O–H groups in total. The average molecular weight is 256 g/mol. The number of aromatic nitrogens is 3. The van der Waals surface area contributed by atoms with Crippen molar-refractivity contribution in [2.24, 2.45) is 12.8 Å². The molecule has 2 heterocycles. The highest BCUT2D eigenvalue weighted by atomic mass is 19.1. The van der Waals surface area contributed by atoms with Crippen LogP contribution in [0.3, 0.4) is 0 Å². The van der Waals surface area contributed by atoms with E-state index in [1.54, 1.807) is 6.20 Å². The number of nitrogens with zero attached hydrogens (tertiary/aromatic N) is 3. The van der Waals surface area contributed by atoms with Crippen LogP contribution in [-0.4, -0.2) is 14.5 Å². The van der Waals surface area contributed by atoms with Crippen LogP contribution in [0.4, 0.5) is 4.39 Å². The summed E-state index contributed by atoms with van der Waals surface area (Å²) in [5.74, 6) is 0.323. The van der Waals surface area contributed by atoms with Gasteiger partial charge in [0.1, 0.15) is 11.6 Å². The van der Waals surface area contributed by atoms with Crippen molar-refractivity contribution in [2.45, 2.75) is 6.54 Å². The van der Waals surface area contributed by atoms with Crippen molar-refractivity contribution in [3.8, 4) is 11.4 Å². The lowest BCUT2D eigenvalue weighted by Gasteiger charge is -2.02. The Morgan fingerprint density at radius 1 is 1.26 bits per heavy atom. The Bertz CT molecular complexity index is 748. The van der Waals surface area contributed by atoms with Crippen LogP contribution in [0.15, 0.2) is 36.7 Å². The number of aryl methyl sites for hydroxylation is 1. The molecule has 0 aliphatic carbocycles. The first-order valence-corrected chi connectivity index (χ1v) is 5.95. The minimum atomic E-state index is -0.368. The maximum absolute atomic E-state index is 13.2. The third-order valence-electron chi connectivity index (χ3n) is 3.14. The third kappa shape index (κ3) is 1.98. The molecular weight excluding hydrogens is 243 g/mol. The van der Waals surface area contributed by atoms with E-state index in [4.69, 9.17) is 5.73 Å². The molecule has 19 heavy (non-hydrogen) atoms. The van der Waals surface area contributed by atoms with Crippen molar-refractivity contribution in [3.63, 3.8) is 0 Å². The first-order chi connectivity index (χ1) is 9.19. The predicted octanol–water partition coefficient (Wildman–Crippen LogP) is 2.23. The van der Waals surface area contributed by atoms with E-state index >= 15 is 0 Å². The van der Waals surface area contributed by atoms with Crippen LogP contribution >= 0.6 is 0 Å². The van der Waals surface area contributed by atoms with Crippen molar-refractivity contribution < 1.29 is 4.39 Å². The van der Waals surface area contributed by atoms with E-state index in [9.17, 15) is 4.39 Å². The molecule has 3 rings (SSSR count). The van der Waals surface area contributed by atoms with Crippen molar-refractivity contribution in [1.82, 2.24) is 14.5 Å². The smallest absolute Gasteiger partial charge is 0.142 e. The highest BCUT2D eigenvalue weighted by molar-refractivity contribution is 5.81. The Morgan fingerprint density at radius 2 is 2.11 bits per heavy atom. The van der Waals surface area contributed by atoms with E-state index in [1.807, 2.05) is 29.8 Å². The van der Waals surface area contributed by atoms with E-state index < -0.39 is 0 Å². The fourth-order valence-corrected chi connectivity index (χ4v) is 2.15. The number of hydrogen-bond donors (Lipinski definition) is 1. The van der Waals surface area contributed by atoms with Gasteiger partial charge < -0.3 is 10.3 Å². The monoisotopic (exact) mass is 256 g/mol. The summed E-state index contributed by atoms with van der Waals surface area (Å²) in [6.45, 7) is 0.484. The number of imidazole rings is 1. The summed E-state index contributed by atoms with van der Waals surface area (Å²) >= 11 is 0. The molecule has 0 saturated heterocycles. The predicted molar refractivity (Wildman–Crippen MR) is 71.8 cm³/mol. The van der Waals surface area contributed by atoms with E-state index in [-0.39, 0.29) is 5.82 Å². The third-order valence-corrected chi connectivity index (χ3v) is 3.14. The van der Waals surface area contributed by atoms with Gasteiger partial charge in [0.2, 0.25) is 0 Å². The quantitative estimate of drug-likeness (QED) is 0.765. The van der Waals surface area contributed by atoms with Crippen molar-refractivity contribution in [1.29, 1.82) is 0 Å². The van der Waals surface area contributed by atoms with Gasteiger partial charge in [-0.2, -0.15) is 0 Å². The minimum Gasteiger partial charge on any atom is -0.327 e. The molecule has 0 spiro atoms. The Labute approximate surface area is 109 Å². The lowest BCUT2D eigenvalue weighted by atomic mass is 10.2. The standard InChI is InChI=1S/C14H13FN4/c1-19-13-4-9(6-16)2-3-12(13)18-14(19)10-5-11(15)8-17-7-10/h2-5,7-8H,6,16H2,1H3. The first kappa shape index (κ1) is 11.8. The largest absolute Gasteiger partial charge is 0.327 e. The zero-order chi connectivity index (χ0) is 13.4. The fraction of sp³-hybridized carbons (Fsp3) is 0.143. The highest BCUT2D eigenvalue weighted by Gasteiger charge is 2.11. The van der Waals surface area contributed by atoms with E-state index in [0.717, 1.165) is 16.6 Å². The molecule has 0 aliphatic heterocycles. The SMILES string of the molecule is Cn1c(-c2cncc(F)c2)nc2ccc(CN)cc21. The molecule has 3 aromatic rings. The van der Waals surface area contributed by atoms with Gasteiger partial charge in [-0.3, -0.25) is 4.98 Å². The summed E-state index contributed by atoms with van der Waals surface area (Å²) in [6, 6.07) is 7.30. The molecule has 0 saturated carbocycles. The molecular formula is C14H13FN4. The number of fused-ring (bicyclic) bond motifs is 1. The Kier molecular flexibility index (Phi) is 2.76. The van der Waals surface area contributed by atoms with Crippen LogP contribution in [0.25, 0.3) is 22.4 Å². The Morgan fingerprint density at radius 3 is 2.84 bits per heavy atom. The van der Waals surface area contributed by atoms with Gasteiger partial charge in [0, 0.05) is 25.4 Å². The van der Waals surface area contributed by atoms with Crippen LogP contribution in [0.2, 0.25) is 0 Å². The Hall–Kier alpha value is -2.27. The van der Waals surface area contributed by atoms with Gasteiger partial charge in [-0.05, 0) is 23.8 Å². The zero-order valence-electron chi connectivity index (χ0n) is 10.5. The van der Waals surface area contributed by atoms with Gasteiger partial charge >= 0.3 is 0 Å². The molecule has 0 unspecified atom stereocenters. The second kappa shape index (κ2) is 4.44. The molecule has 5 heteroatoms. The lowest BCUT2D eigenvalue weighted by molar-refractivity contribution is 0.621. The molecule has 1 aromatic carbocycles. The lowest BCUT2D eigenvalue weighted by Crippen LogP contribution is -1.97. The normalized spacial score (nSPS) is 11.1. The van der Waals surface area contributed by atoms with Gasteiger partial charge in [0.15, 0.2) is 0 Å². The van der Waals surface area contributed by atoms with Gasteiger partial charge in [0.05, 0.1) is 17.2 Å². The van der Waals surface area contributed by atoms with Crippen LogP contribution in [0.1, 0.15) is 5.56 Å². The van der Waals surface area contributed by atoms with Gasteiger partial charge in [-0.25, -0.2) is 9.37 Å². The molecule has 0 amide bonds. The van der Waals surface area contributed by atoms with Crippen LogP contribution in [-0.2, 0) is 13.6 Å². The summed E-state index contributed by atoms with van der Waals surface area (Å²) in [5, 5.41) is 0. The first-order valence-electron chi connectivity index (χ1n) is 5.95. The van der Waals surface area contributed by atoms with Crippen LogP contribution in [0, 0.1) is 5.82 Å². The molecule has 0 atom stereocenters. The van der Waals surface area contributed by atoms with Crippen LogP contribution < -0.4 is 5.73 Å². The minimum absolute atomic E-state index is 0.368. The maximum atomic E-state index is 13.2. The number of hydrogen-bond acceptors (Lipinski definition) is 3. The molecule has 96 valence electrons. The summed E-state index contributed by atoms with van der Waals surface area (Å²) in [4.78, 5) is 8.37. The van der Waals surface area contributed by atoms with Crippen molar-refractivity contribution in [2.75, 3.05) is 0 Å². The fourth-order valence-electron chi connectivity index (χ4n) is 2.15. The van der Waals surface area contributed by atoms with E-state index in [1.165, 1.54) is 12.3 Å².